The highest BCUT2D eigenvalue weighted by Gasteiger charge is 2.21. The number of nitrogens with one attached hydrogen (secondary N) is 1. The van der Waals surface area contributed by atoms with E-state index in [1.807, 2.05) is 11.9 Å². The highest BCUT2D eigenvalue weighted by Crippen LogP contribution is 2.27. The van der Waals surface area contributed by atoms with Crippen molar-refractivity contribution < 1.29 is 14.3 Å². The minimum Gasteiger partial charge on any atom is -0.495 e. The molecule has 0 bridgehead atoms. The summed E-state index contributed by atoms with van der Waals surface area (Å²) in [5.74, 6) is 0.115. The van der Waals surface area contributed by atoms with Gasteiger partial charge in [0.1, 0.15) is 5.75 Å². The quantitative estimate of drug-likeness (QED) is 0.876. The molecule has 0 atom stereocenters. The number of hydrogen-bond donors (Lipinski definition) is 1. The summed E-state index contributed by atoms with van der Waals surface area (Å²) in [5, 5.41) is 3.29. The van der Waals surface area contributed by atoms with E-state index < -0.39 is 0 Å². The number of amides is 2. The lowest BCUT2D eigenvalue weighted by molar-refractivity contribution is 0.0664. The summed E-state index contributed by atoms with van der Waals surface area (Å²) in [7, 11) is 3.56. The number of hydrogen-bond acceptors (Lipinski definition) is 4. The molecule has 1 saturated heterocycles. The van der Waals surface area contributed by atoms with E-state index in [-0.39, 0.29) is 11.8 Å². The standard InChI is InChI=1S/C20H22ClN3O3/c1-23-8-10-24(11-9-23)20(26)15-6-7-18(27-2)17(13-15)22-19(25)14-4-3-5-16(21)12-14/h3-7,12-13H,8-11H2,1-2H3,(H,22,25). The van der Waals surface area contributed by atoms with Crippen molar-refractivity contribution in [3.8, 4) is 5.75 Å². The van der Waals surface area contributed by atoms with Crippen molar-refractivity contribution in [3.63, 3.8) is 0 Å². The Morgan fingerprint density at radius 3 is 2.44 bits per heavy atom. The number of nitrogens with zero attached hydrogens (tertiary/aromatic N) is 2. The number of halogens is 1. The molecule has 2 aromatic rings. The van der Waals surface area contributed by atoms with E-state index >= 15 is 0 Å². The molecule has 6 nitrogen and oxygen atoms in total. The van der Waals surface area contributed by atoms with Crippen LogP contribution in [0, 0.1) is 0 Å². The van der Waals surface area contributed by atoms with Crippen molar-refractivity contribution >= 4 is 29.1 Å². The number of methoxy groups -OCH3 is 1. The molecular formula is C20H22ClN3O3. The zero-order chi connectivity index (χ0) is 19.4. The van der Waals surface area contributed by atoms with Crippen LogP contribution in [-0.4, -0.2) is 62.0 Å². The van der Waals surface area contributed by atoms with Crippen LogP contribution in [0.15, 0.2) is 42.5 Å². The molecule has 0 spiro atoms. The Bertz CT molecular complexity index is 848. The third-order valence-corrected chi connectivity index (χ3v) is 4.81. The molecule has 2 amide bonds. The molecule has 0 radical (unpaired) electrons. The lowest BCUT2D eigenvalue weighted by atomic mass is 10.1. The maximum Gasteiger partial charge on any atom is 0.255 e. The van der Waals surface area contributed by atoms with Gasteiger partial charge < -0.3 is 19.9 Å². The summed E-state index contributed by atoms with van der Waals surface area (Å²) in [6.07, 6.45) is 0. The fourth-order valence-electron chi connectivity index (χ4n) is 2.96. The summed E-state index contributed by atoms with van der Waals surface area (Å²) >= 11 is 5.96. The molecule has 27 heavy (non-hydrogen) atoms. The minimum absolute atomic E-state index is 0.0518. The average Bonchev–Trinajstić information content (AvgIpc) is 2.68. The van der Waals surface area contributed by atoms with Crippen LogP contribution in [0.3, 0.4) is 0 Å². The van der Waals surface area contributed by atoms with Gasteiger partial charge in [0.15, 0.2) is 0 Å². The Hall–Kier alpha value is -2.57. The van der Waals surface area contributed by atoms with Crippen LogP contribution in [0.1, 0.15) is 20.7 Å². The molecule has 142 valence electrons. The highest BCUT2D eigenvalue weighted by molar-refractivity contribution is 6.31. The number of carbonyl (C=O) groups is 2. The fraction of sp³-hybridized carbons (Fsp3) is 0.300. The molecule has 0 saturated carbocycles. The molecule has 3 rings (SSSR count). The van der Waals surface area contributed by atoms with Crippen molar-refractivity contribution in [2.75, 3.05) is 45.7 Å². The molecule has 1 fully saturated rings. The molecule has 0 unspecified atom stereocenters. The highest BCUT2D eigenvalue weighted by atomic mass is 35.5. The largest absolute Gasteiger partial charge is 0.495 e. The third-order valence-electron chi connectivity index (χ3n) is 4.57. The first-order valence-corrected chi connectivity index (χ1v) is 9.08. The first kappa shape index (κ1) is 19.2. The average molecular weight is 388 g/mol. The number of carbonyl (C=O) groups excluding carboxylic acids is 2. The van der Waals surface area contributed by atoms with Gasteiger partial charge in [-0.2, -0.15) is 0 Å². The van der Waals surface area contributed by atoms with Crippen LogP contribution in [0.5, 0.6) is 5.75 Å². The van der Waals surface area contributed by atoms with Gasteiger partial charge in [-0.15, -0.1) is 0 Å². The van der Waals surface area contributed by atoms with Gasteiger partial charge in [-0.1, -0.05) is 17.7 Å². The maximum absolute atomic E-state index is 12.8. The van der Waals surface area contributed by atoms with Crippen molar-refractivity contribution in [1.29, 1.82) is 0 Å². The summed E-state index contributed by atoms with van der Waals surface area (Å²) < 4.78 is 5.33. The van der Waals surface area contributed by atoms with Crippen LogP contribution < -0.4 is 10.1 Å². The molecule has 0 aliphatic carbocycles. The topological polar surface area (TPSA) is 61.9 Å². The van der Waals surface area contributed by atoms with Crippen molar-refractivity contribution in [2.45, 2.75) is 0 Å². The van der Waals surface area contributed by atoms with Gasteiger partial charge in [-0.05, 0) is 43.4 Å². The lowest BCUT2D eigenvalue weighted by Gasteiger charge is -2.32. The van der Waals surface area contributed by atoms with Gasteiger partial charge in [0, 0.05) is 42.3 Å². The van der Waals surface area contributed by atoms with Crippen LogP contribution in [-0.2, 0) is 0 Å². The van der Waals surface area contributed by atoms with Gasteiger partial charge >= 0.3 is 0 Å². The van der Waals surface area contributed by atoms with Crippen molar-refractivity contribution in [1.82, 2.24) is 9.80 Å². The minimum atomic E-state index is -0.319. The van der Waals surface area contributed by atoms with E-state index in [0.717, 1.165) is 13.1 Å². The Kier molecular flexibility index (Phi) is 5.98. The normalized spacial score (nSPS) is 14.7. The number of likely N-dealkylation sites (N-methyl/N-ethyl adjacent to an activating group) is 1. The third kappa shape index (κ3) is 4.59. The number of rotatable bonds is 4. The van der Waals surface area contributed by atoms with Gasteiger partial charge in [0.25, 0.3) is 11.8 Å². The zero-order valence-corrected chi connectivity index (χ0v) is 16.1. The SMILES string of the molecule is COc1ccc(C(=O)N2CCN(C)CC2)cc1NC(=O)c1cccc(Cl)c1. The van der Waals surface area contributed by atoms with E-state index in [1.165, 1.54) is 7.11 Å². The van der Waals surface area contributed by atoms with E-state index in [9.17, 15) is 9.59 Å². The smallest absolute Gasteiger partial charge is 0.255 e. The lowest BCUT2D eigenvalue weighted by Crippen LogP contribution is -2.47. The number of anilines is 1. The van der Waals surface area contributed by atoms with Crippen LogP contribution in [0.4, 0.5) is 5.69 Å². The first-order chi connectivity index (χ1) is 13.0. The van der Waals surface area contributed by atoms with E-state index in [0.29, 0.717) is 40.7 Å². The zero-order valence-electron chi connectivity index (χ0n) is 15.4. The number of benzene rings is 2. The van der Waals surface area contributed by atoms with E-state index in [4.69, 9.17) is 16.3 Å². The van der Waals surface area contributed by atoms with E-state index in [1.54, 1.807) is 42.5 Å². The number of ether oxygens (including phenoxy) is 1. The van der Waals surface area contributed by atoms with Gasteiger partial charge in [0.2, 0.25) is 0 Å². The first-order valence-electron chi connectivity index (χ1n) is 8.70. The Morgan fingerprint density at radius 2 is 1.78 bits per heavy atom. The Labute approximate surface area is 163 Å². The summed E-state index contributed by atoms with van der Waals surface area (Å²) in [5.41, 5.74) is 1.39. The summed E-state index contributed by atoms with van der Waals surface area (Å²) in [4.78, 5) is 29.3. The second kappa shape index (κ2) is 8.41. The molecule has 2 aromatic carbocycles. The predicted molar refractivity (Wildman–Crippen MR) is 106 cm³/mol. The molecule has 1 aliphatic rings. The molecule has 1 aliphatic heterocycles. The maximum atomic E-state index is 12.8. The number of piperazine rings is 1. The molecular weight excluding hydrogens is 366 g/mol. The van der Waals surface area contributed by atoms with Crippen molar-refractivity contribution in [2.24, 2.45) is 0 Å². The monoisotopic (exact) mass is 387 g/mol. The van der Waals surface area contributed by atoms with Crippen LogP contribution in [0.2, 0.25) is 5.02 Å². The van der Waals surface area contributed by atoms with Crippen LogP contribution >= 0.6 is 11.6 Å². The predicted octanol–water partition coefficient (Wildman–Crippen LogP) is 2.99. The van der Waals surface area contributed by atoms with Gasteiger partial charge in [-0.25, -0.2) is 0 Å². The second-order valence-electron chi connectivity index (χ2n) is 6.48. The fourth-order valence-corrected chi connectivity index (χ4v) is 3.15. The summed E-state index contributed by atoms with van der Waals surface area (Å²) in [6.45, 7) is 3.07. The molecule has 0 aromatic heterocycles. The molecule has 1 heterocycles. The Balaban J connectivity index is 1.81. The second-order valence-corrected chi connectivity index (χ2v) is 6.91. The van der Waals surface area contributed by atoms with Gasteiger partial charge in [0.05, 0.1) is 12.8 Å². The summed E-state index contributed by atoms with van der Waals surface area (Å²) in [6, 6.07) is 11.7. The molecule has 1 N–H and O–H groups in total. The molecule has 7 heteroatoms. The van der Waals surface area contributed by atoms with Crippen LogP contribution in [0.25, 0.3) is 0 Å². The Morgan fingerprint density at radius 1 is 1.04 bits per heavy atom. The van der Waals surface area contributed by atoms with Crippen molar-refractivity contribution in [3.05, 3.63) is 58.6 Å². The van der Waals surface area contributed by atoms with E-state index in [2.05, 4.69) is 10.2 Å². The van der Waals surface area contributed by atoms with Gasteiger partial charge in [-0.3, -0.25) is 9.59 Å².